The van der Waals surface area contributed by atoms with Crippen molar-refractivity contribution in [3.05, 3.63) is 44.0 Å². The van der Waals surface area contributed by atoms with Crippen molar-refractivity contribution in [2.24, 2.45) is 0 Å². The van der Waals surface area contributed by atoms with Crippen LogP contribution in [0.25, 0.3) is 6.08 Å². The number of thiophene rings is 2. The molecule has 0 aromatic carbocycles. The Kier molecular flexibility index (Phi) is 4.59. The Labute approximate surface area is 130 Å². The van der Waals surface area contributed by atoms with E-state index < -0.39 is 5.97 Å². The number of carboxylic acid groups (broad SMARTS) is 1. The first-order valence-corrected chi connectivity index (χ1v) is 7.96. The molecule has 0 atom stereocenters. The number of hydrogen-bond donors (Lipinski definition) is 2. The molecule has 0 fully saturated rings. The van der Waals surface area contributed by atoms with Crippen molar-refractivity contribution in [1.82, 2.24) is 0 Å². The van der Waals surface area contributed by atoms with Crippen LogP contribution in [0.2, 0.25) is 0 Å². The van der Waals surface area contributed by atoms with Gasteiger partial charge in [0.2, 0.25) is 5.91 Å². The SMILES string of the molecule is Cc1ccsc1/C=C/C(=O)Nc1sc(C)c(C)c1C(=O)O. The summed E-state index contributed by atoms with van der Waals surface area (Å²) >= 11 is 2.83. The molecule has 0 radical (unpaired) electrons. The molecule has 2 rings (SSSR count). The molecule has 110 valence electrons. The molecular formula is C15H15NO3S2. The largest absolute Gasteiger partial charge is 0.478 e. The summed E-state index contributed by atoms with van der Waals surface area (Å²) < 4.78 is 0. The van der Waals surface area contributed by atoms with E-state index in [1.54, 1.807) is 24.3 Å². The minimum Gasteiger partial charge on any atom is -0.478 e. The third-order valence-electron chi connectivity index (χ3n) is 3.12. The highest BCUT2D eigenvalue weighted by Crippen LogP contribution is 2.32. The highest BCUT2D eigenvalue weighted by molar-refractivity contribution is 7.16. The Balaban J connectivity index is 2.17. The highest BCUT2D eigenvalue weighted by Gasteiger charge is 2.19. The Morgan fingerprint density at radius 1 is 1.29 bits per heavy atom. The van der Waals surface area contributed by atoms with E-state index in [1.807, 2.05) is 25.3 Å². The molecule has 0 aliphatic rings. The van der Waals surface area contributed by atoms with E-state index in [4.69, 9.17) is 0 Å². The van der Waals surface area contributed by atoms with Crippen molar-refractivity contribution in [3.63, 3.8) is 0 Å². The second-order valence-electron chi connectivity index (χ2n) is 4.58. The average molecular weight is 321 g/mol. The average Bonchev–Trinajstić information content (AvgIpc) is 2.92. The molecule has 1 amide bonds. The molecule has 0 unspecified atom stereocenters. The van der Waals surface area contributed by atoms with E-state index in [-0.39, 0.29) is 11.5 Å². The third-order valence-corrected chi connectivity index (χ3v) is 5.23. The topological polar surface area (TPSA) is 66.4 Å². The van der Waals surface area contributed by atoms with E-state index in [2.05, 4.69) is 5.32 Å². The summed E-state index contributed by atoms with van der Waals surface area (Å²) in [4.78, 5) is 25.1. The maximum atomic E-state index is 11.9. The summed E-state index contributed by atoms with van der Waals surface area (Å²) in [7, 11) is 0. The van der Waals surface area contributed by atoms with E-state index in [0.29, 0.717) is 10.6 Å². The normalized spacial score (nSPS) is 11.0. The van der Waals surface area contributed by atoms with Gasteiger partial charge in [-0.1, -0.05) is 0 Å². The summed E-state index contributed by atoms with van der Waals surface area (Å²) in [5.74, 6) is -1.35. The van der Waals surface area contributed by atoms with Gasteiger partial charge in [-0.05, 0) is 49.4 Å². The summed E-state index contributed by atoms with van der Waals surface area (Å²) in [5, 5.41) is 14.2. The number of rotatable bonds is 4. The van der Waals surface area contributed by atoms with Crippen LogP contribution in [0.15, 0.2) is 17.5 Å². The quantitative estimate of drug-likeness (QED) is 0.834. The number of carbonyl (C=O) groups excluding carboxylic acids is 1. The number of hydrogen-bond acceptors (Lipinski definition) is 4. The minimum absolute atomic E-state index is 0.173. The lowest BCUT2D eigenvalue weighted by molar-refractivity contribution is -0.111. The van der Waals surface area contributed by atoms with E-state index in [1.165, 1.54) is 17.4 Å². The maximum absolute atomic E-state index is 11.9. The summed E-state index contributed by atoms with van der Waals surface area (Å²) in [6.45, 7) is 5.56. The smallest absolute Gasteiger partial charge is 0.338 e. The Morgan fingerprint density at radius 3 is 2.57 bits per heavy atom. The molecule has 2 N–H and O–H groups in total. The van der Waals surface area contributed by atoms with Crippen molar-refractivity contribution >= 4 is 45.6 Å². The monoisotopic (exact) mass is 321 g/mol. The number of carboxylic acids is 1. The molecular weight excluding hydrogens is 306 g/mol. The van der Waals surface area contributed by atoms with Crippen LogP contribution >= 0.6 is 22.7 Å². The van der Waals surface area contributed by atoms with Gasteiger partial charge in [0.25, 0.3) is 0 Å². The number of nitrogens with one attached hydrogen (secondary N) is 1. The zero-order chi connectivity index (χ0) is 15.6. The fourth-order valence-electron chi connectivity index (χ4n) is 1.83. The second-order valence-corrected chi connectivity index (χ2v) is 6.76. The van der Waals surface area contributed by atoms with Crippen molar-refractivity contribution in [3.8, 4) is 0 Å². The number of amides is 1. The number of anilines is 1. The molecule has 21 heavy (non-hydrogen) atoms. The van der Waals surface area contributed by atoms with Gasteiger partial charge in [-0.3, -0.25) is 4.79 Å². The van der Waals surface area contributed by atoms with Gasteiger partial charge in [-0.15, -0.1) is 22.7 Å². The van der Waals surface area contributed by atoms with Crippen molar-refractivity contribution < 1.29 is 14.7 Å². The van der Waals surface area contributed by atoms with Gasteiger partial charge >= 0.3 is 5.97 Å². The Hall–Kier alpha value is -1.92. The Bertz CT molecular complexity index is 725. The molecule has 0 aliphatic heterocycles. The molecule has 0 saturated carbocycles. The van der Waals surface area contributed by atoms with Crippen molar-refractivity contribution in [2.75, 3.05) is 5.32 Å². The molecule has 6 heteroatoms. The molecule has 2 aromatic rings. The van der Waals surface area contributed by atoms with Crippen LogP contribution in [0, 0.1) is 20.8 Å². The van der Waals surface area contributed by atoms with Crippen LogP contribution in [0.5, 0.6) is 0 Å². The van der Waals surface area contributed by atoms with Crippen LogP contribution in [0.3, 0.4) is 0 Å². The number of aromatic carboxylic acids is 1. The highest BCUT2D eigenvalue weighted by atomic mass is 32.1. The van der Waals surface area contributed by atoms with Gasteiger partial charge in [0.1, 0.15) is 5.00 Å². The predicted molar refractivity (Wildman–Crippen MR) is 87.5 cm³/mol. The van der Waals surface area contributed by atoms with Gasteiger partial charge in [0.15, 0.2) is 0 Å². The lowest BCUT2D eigenvalue weighted by Gasteiger charge is -2.01. The molecule has 0 bridgehead atoms. The first-order chi connectivity index (χ1) is 9.90. The number of aryl methyl sites for hydroxylation is 2. The van der Waals surface area contributed by atoms with Gasteiger partial charge < -0.3 is 10.4 Å². The molecule has 0 spiro atoms. The van der Waals surface area contributed by atoms with Crippen LogP contribution in [0.1, 0.15) is 31.2 Å². The second kappa shape index (κ2) is 6.24. The van der Waals surface area contributed by atoms with Crippen molar-refractivity contribution in [2.45, 2.75) is 20.8 Å². The van der Waals surface area contributed by atoms with Gasteiger partial charge in [-0.25, -0.2) is 4.79 Å². The Morgan fingerprint density at radius 2 is 2.00 bits per heavy atom. The lowest BCUT2D eigenvalue weighted by atomic mass is 10.1. The predicted octanol–water partition coefficient (Wildman–Crippen LogP) is 4.08. The standard InChI is InChI=1S/C15H15NO3S2/c1-8-6-7-20-11(8)4-5-12(17)16-14-13(15(18)19)9(2)10(3)21-14/h4-7H,1-3H3,(H,16,17)(H,18,19)/b5-4+. The molecule has 2 aromatic heterocycles. The zero-order valence-electron chi connectivity index (χ0n) is 11.9. The first-order valence-electron chi connectivity index (χ1n) is 6.26. The summed E-state index contributed by atoms with van der Waals surface area (Å²) in [6.07, 6.45) is 3.16. The summed E-state index contributed by atoms with van der Waals surface area (Å²) in [6, 6.07) is 1.98. The number of carbonyl (C=O) groups is 2. The van der Waals surface area contributed by atoms with Crippen LogP contribution in [-0.4, -0.2) is 17.0 Å². The zero-order valence-corrected chi connectivity index (χ0v) is 13.5. The van der Waals surface area contributed by atoms with Crippen molar-refractivity contribution in [1.29, 1.82) is 0 Å². The maximum Gasteiger partial charge on any atom is 0.338 e. The van der Waals surface area contributed by atoms with E-state index in [0.717, 1.165) is 15.3 Å². The molecule has 0 aliphatic carbocycles. The fourth-order valence-corrected chi connectivity index (χ4v) is 3.71. The first kappa shape index (κ1) is 15.5. The molecule has 0 saturated heterocycles. The third kappa shape index (κ3) is 3.40. The summed E-state index contributed by atoms with van der Waals surface area (Å²) in [5.41, 5.74) is 1.98. The lowest BCUT2D eigenvalue weighted by Crippen LogP contribution is -2.10. The van der Waals surface area contributed by atoms with Crippen LogP contribution < -0.4 is 5.32 Å². The molecule has 4 nitrogen and oxygen atoms in total. The van der Waals surface area contributed by atoms with Crippen LogP contribution in [0.4, 0.5) is 5.00 Å². The minimum atomic E-state index is -1.02. The van der Waals surface area contributed by atoms with Crippen LogP contribution in [-0.2, 0) is 4.79 Å². The molecule has 2 heterocycles. The van der Waals surface area contributed by atoms with Gasteiger partial charge in [0.05, 0.1) is 5.56 Å². The fraction of sp³-hybridized carbons (Fsp3) is 0.200. The van der Waals surface area contributed by atoms with Gasteiger partial charge in [-0.2, -0.15) is 0 Å². The van der Waals surface area contributed by atoms with E-state index >= 15 is 0 Å². The van der Waals surface area contributed by atoms with Gasteiger partial charge in [0, 0.05) is 15.8 Å². The van der Waals surface area contributed by atoms with E-state index in [9.17, 15) is 14.7 Å².